The topological polar surface area (TPSA) is 89.8 Å². The van der Waals surface area contributed by atoms with Crippen LogP contribution in [-0.2, 0) is 12.6 Å². The standard InChI is InChI=1S/C22H21F3N6/c1-2-19(26)27-12-4-3-7-15-8-5-9-16(13-15)20-29-21(31-30-20)28-18-11-6-10-17(14-18)22(23,24)25/h3-6,8-14,26H,2,7H2,1H3,(H2,28,29,30,31)/b4-3+,26-19?,27-12?. The Morgan fingerprint density at radius 3 is 2.77 bits per heavy atom. The summed E-state index contributed by atoms with van der Waals surface area (Å²) in [4.78, 5) is 8.30. The fraction of sp³-hybridized carbons (Fsp3) is 0.182. The number of aromatic amines is 1. The molecule has 0 saturated carbocycles. The first kappa shape index (κ1) is 21.9. The molecule has 2 aromatic carbocycles. The highest BCUT2D eigenvalue weighted by Crippen LogP contribution is 2.31. The monoisotopic (exact) mass is 426 g/mol. The van der Waals surface area contributed by atoms with E-state index in [4.69, 9.17) is 5.41 Å². The minimum absolute atomic E-state index is 0.175. The molecule has 0 amide bonds. The number of amidine groups is 1. The molecule has 31 heavy (non-hydrogen) atoms. The summed E-state index contributed by atoms with van der Waals surface area (Å²) in [7, 11) is 0. The Labute approximate surface area is 177 Å². The van der Waals surface area contributed by atoms with Crippen molar-refractivity contribution < 1.29 is 13.2 Å². The van der Waals surface area contributed by atoms with Crippen LogP contribution in [0.1, 0.15) is 24.5 Å². The van der Waals surface area contributed by atoms with Crippen molar-refractivity contribution in [2.24, 2.45) is 4.99 Å². The molecule has 0 bridgehead atoms. The number of aromatic nitrogens is 3. The van der Waals surface area contributed by atoms with Gasteiger partial charge in [-0.05, 0) is 42.3 Å². The summed E-state index contributed by atoms with van der Waals surface area (Å²) in [5.41, 5.74) is 1.34. The summed E-state index contributed by atoms with van der Waals surface area (Å²) >= 11 is 0. The van der Waals surface area contributed by atoms with Crippen molar-refractivity contribution in [3.63, 3.8) is 0 Å². The zero-order chi connectivity index (χ0) is 22.3. The molecule has 160 valence electrons. The first-order valence-electron chi connectivity index (χ1n) is 9.58. The Morgan fingerprint density at radius 2 is 2.00 bits per heavy atom. The van der Waals surface area contributed by atoms with Gasteiger partial charge >= 0.3 is 6.18 Å². The van der Waals surface area contributed by atoms with Crippen molar-refractivity contribution in [1.82, 2.24) is 15.2 Å². The first-order valence-corrected chi connectivity index (χ1v) is 9.58. The number of allylic oxidation sites excluding steroid dienone is 2. The second-order valence-corrected chi connectivity index (χ2v) is 6.62. The molecule has 0 saturated heterocycles. The Balaban J connectivity index is 1.67. The number of H-pyrrole nitrogens is 1. The lowest BCUT2D eigenvalue weighted by Gasteiger charge is -2.08. The number of nitrogens with one attached hydrogen (secondary N) is 3. The largest absolute Gasteiger partial charge is 0.416 e. The summed E-state index contributed by atoms with van der Waals surface area (Å²) < 4.78 is 38.6. The normalized spacial score (nSPS) is 12.0. The molecule has 9 heteroatoms. The second-order valence-electron chi connectivity index (χ2n) is 6.62. The molecular weight excluding hydrogens is 405 g/mol. The van der Waals surface area contributed by atoms with Gasteiger partial charge in [-0.15, -0.1) is 5.10 Å². The summed E-state index contributed by atoms with van der Waals surface area (Å²) in [6.07, 6.45) is 2.17. The zero-order valence-corrected chi connectivity index (χ0v) is 16.7. The minimum atomic E-state index is -4.42. The lowest BCUT2D eigenvalue weighted by atomic mass is 10.1. The van der Waals surface area contributed by atoms with Gasteiger partial charge in [0.15, 0.2) is 5.82 Å². The van der Waals surface area contributed by atoms with Crippen LogP contribution in [0.3, 0.4) is 0 Å². The number of halogens is 3. The third-order valence-corrected chi connectivity index (χ3v) is 4.27. The highest BCUT2D eigenvalue weighted by atomic mass is 19.4. The Hall–Kier alpha value is -3.75. The number of anilines is 2. The van der Waals surface area contributed by atoms with Crippen molar-refractivity contribution in [3.8, 4) is 11.4 Å². The second kappa shape index (κ2) is 9.84. The van der Waals surface area contributed by atoms with Gasteiger partial charge in [-0.3, -0.25) is 10.5 Å². The maximum atomic E-state index is 12.9. The number of nitrogens with zero attached hydrogens (tertiary/aromatic N) is 3. The lowest BCUT2D eigenvalue weighted by Crippen LogP contribution is -2.05. The smallest absolute Gasteiger partial charge is 0.323 e. The van der Waals surface area contributed by atoms with Gasteiger partial charge in [0.1, 0.15) is 5.84 Å². The van der Waals surface area contributed by atoms with Gasteiger partial charge in [-0.2, -0.15) is 18.2 Å². The van der Waals surface area contributed by atoms with Crippen LogP contribution in [0.5, 0.6) is 0 Å². The van der Waals surface area contributed by atoms with Gasteiger partial charge in [0.25, 0.3) is 0 Å². The quantitative estimate of drug-likeness (QED) is 0.330. The van der Waals surface area contributed by atoms with Gasteiger partial charge in [0.05, 0.1) is 5.56 Å². The van der Waals surface area contributed by atoms with Crippen molar-refractivity contribution in [2.75, 3.05) is 5.32 Å². The maximum Gasteiger partial charge on any atom is 0.416 e. The first-order chi connectivity index (χ1) is 14.8. The molecule has 0 unspecified atom stereocenters. The van der Waals surface area contributed by atoms with E-state index in [9.17, 15) is 13.2 Å². The van der Waals surface area contributed by atoms with E-state index >= 15 is 0 Å². The molecule has 0 fully saturated rings. The SMILES string of the molecule is CCC(=N)N=C/C=C/Cc1cccc(-c2nc(Nc3cccc(C(F)(F)F)c3)n[nH]2)c1. The van der Waals surface area contributed by atoms with Crippen LogP contribution in [0.15, 0.2) is 65.7 Å². The van der Waals surface area contributed by atoms with Crippen LogP contribution >= 0.6 is 0 Å². The molecule has 3 rings (SSSR count). The number of aliphatic imine (C=N–C) groups is 1. The average molecular weight is 426 g/mol. The van der Waals surface area contributed by atoms with Gasteiger partial charge < -0.3 is 5.32 Å². The number of alkyl halides is 3. The van der Waals surface area contributed by atoms with E-state index < -0.39 is 11.7 Å². The lowest BCUT2D eigenvalue weighted by molar-refractivity contribution is -0.137. The molecule has 3 aromatic rings. The minimum Gasteiger partial charge on any atom is -0.323 e. The predicted octanol–water partition coefficient (Wildman–Crippen LogP) is 5.79. The van der Waals surface area contributed by atoms with Crippen molar-refractivity contribution in [3.05, 3.63) is 71.8 Å². The fourth-order valence-corrected chi connectivity index (χ4v) is 2.68. The molecule has 6 nitrogen and oxygen atoms in total. The van der Waals surface area contributed by atoms with E-state index in [-0.39, 0.29) is 11.6 Å². The average Bonchev–Trinajstić information content (AvgIpc) is 3.21. The van der Waals surface area contributed by atoms with E-state index in [1.165, 1.54) is 12.1 Å². The third kappa shape index (κ3) is 6.36. The predicted molar refractivity (Wildman–Crippen MR) is 116 cm³/mol. The number of hydrogen-bond donors (Lipinski definition) is 3. The van der Waals surface area contributed by atoms with Gasteiger partial charge in [-0.25, -0.2) is 4.99 Å². The van der Waals surface area contributed by atoms with Gasteiger partial charge in [0.2, 0.25) is 5.95 Å². The molecule has 1 aromatic heterocycles. The van der Waals surface area contributed by atoms with Crippen LogP contribution in [0.4, 0.5) is 24.8 Å². The van der Waals surface area contributed by atoms with E-state index in [0.29, 0.717) is 24.5 Å². The van der Waals surface area contributed by atoms with Crippen LogP contribution in [0, 0.1) is 5.41 Å². The summed E-state index contributed by atoms with van der Waals surface area (Å²) in [5.74, 6) is 0.999. The molecule has 0 atom stereocenters. The third-order valence-electron chi connectivity index (χ3n) is 4.27. The maximum absolute atomic E-state index is 12.9. The van der Waals surface area contributed by atoms with Gasteiger partial charge in [0, 0.05) is 23.9 Å². The summed E-state index contributed by atoms with van der Waals surface area (Å²) in [6, 6.07) is 12.5. The van der Waals surface area contributed by atoms with Crippen molar-refractivity contribution in [1.29, 1.82) is 5.41 Å². The van der Waals surface area contributed by atoms with E-state index in [1.54, 1.807) is 12.3 Å². The Bertz CT molecular complexity index is 1100. The highest BCUT2D eigenvalue weighted by Gasteiger charge is 2.30. The zero-order valence-electron chi connectivity index (χ0n) is 16.7. The highest BCUT2D eigenvalue weighted by molar-refractivity contribution is 5.90. The Morgan fingerprint density at radius 1 is 1.19 bits per heavy atom. The van der Waals surface area contributed by atoms with Crippen molar-refractivity contribution in [2.45, 2.75) is 25.9 Å². The number of benzene rings is 2. The van der Waals surface area contributed by atoms with Gasteiger partial charge in [-0.1, -0.05) is 37.3 Å². The summed E-state index contributed by atoms with van der Waals surface area (Å²) in [5, 5.41) is 17.1. The van der Waals surface area contributed by atoms with E-state index in [2.05, 4.69) is 25.5 Å². The molecule has 0 radical (unpaired) electrons. The summed E-state index contributed by atoms with van der Waals surface area (Å²) in [6.45, 7) is 1.87. The van der Waals surface area contributed by atoms with E-state index in [0.717, 1.165) is 23.3 Å². The molecule has 1 heterocycles. The number of rotatable bonds is 7. The van der Waals surface area contributed by atoms with Crippen LogP contribution < -0.4 is 5.32 Å². The molecular formula is C22H21F3N6. The molecule has 3 N–H and O–H groups in total. The van der Waals surface area contributed by atoms with Crippen LogP contribution in [0.2, 0.25) is 0 Å². The van der Waals surface area contributed by atoms with Crippen LogP contribution in [0.25, 0.3) is 11.4 Å². The molecule has 0 aliphatic carbocycles. The molecule has 0 aliphatic rings. The number of hydrogen-bond acceptors (Lipinski definition) is 4. The molecule has 0 aliphatic heterocycles. The fourth-order valence-electron chi connectivity index (χ4n) is 2.68. The molecule has 0 spiro atoms. The van der Waals surface area contributed by atoms with Crippen LogP contribution in [-0.4, -0.2) is 27.2 Å². The van der Waals surface area contributed by atoms with Crippen molar-refractivity contribution >= 4 is 23.7 Å². The van der Waals surface area contributed by atoms with E-state index in [1.807, 2.05) is 37.3 Å². The Kier molecular flexibility index (Phi) is 6.96.